The predicted octanol–water partition coefficient (Wildman–Crippen LogP) is 3.02. The maximum atomic E-state index is 13.5. The van der Waals surface area contributed by atoms with Crippen molar-refractivity contribution < 1.29 is 17.9 Å². The van der Waals surface area contributed by atoms with Crippen LogP contribution < -0.4 is 0 Å². The summed E-state index contributed by atoms with van der Waals surface area (Å²) in [6, 6.07) is 4.53. The lowest BCUT2D eigenvalue weighted by atomic mass is 10.0. The van der Waals surface area contributed by atoms with Crippen molar-refractivity contribution in [2.45, 2.75) is 44.6 Å². The fourth-order valence-electron chi connectivity index (χ4n) is 4.30. The first-order valence-electron chi connectivity index (χ1n) is 10.0. The summed E-state index contributed by atoms with van der Waals surface area (Å²) in [4.78, 5) is 4.70. The molecular formula is C19H24ClF3N6O. The Morgan fingerprint density at radius 3 is 2.67 bits per heavy atom. The van der Waals surface area contributed by atoms with Crippen LogP contribution in [0.3, 0.4) is 0 Å². The Bertz CT molecular complexity index is 868. The predicted molar refractivity (Wildman–Crippen MR) is 104 cm³/mol. The van der Waals surface area contributed by atoms with E-state index in [2.05, 4.69) is 32.2 Å². The average Bonchev–Trinajstić information content (AvgIpc) is 3.16. The summed E-state index contributed by atoms with van der Waals surface area (Å²) in [6.45, 7) is 6.73. The van der Waals surface area contributed by atoms with Crippen molar-refractivity contribution in [1.82, 2.24) is 30.0 Å². The van der Waals surface area contributed by atoms with Gasteiger partial charge in [-0.1, -0.05) is 11.6 Å². The van der Waals surface area contributed by atoms with Crippen LogP contribution in [0.4, 0.5) is 13.2 Å². The van der Waals surface area contributed by atoms with E-state index < -0.39 is 11.7 Å². The van der Waals surface area contributed by atoms with Crippen LogP contribution in [0, 0.1) is 0 Å². The van der Waals surface area contributed by atoms with Crippen LogP contribution in [-0.2, 0) is 17.5 Å². The van der Waals surface area contributed by atoms with E-state index >= 15 is 0 Å². The third-order valence-corrected chi connectivity index (χ3v) is 6.07. The van der Waals surface area contributed by atoms with E-state index in [9.17, 15) is 13.2 Å². The molecule has 7 nitrogen and oxygen atoms in total. The molecule has 1 aromatic carbocycles. The number of benzene rings is 1. The number of alkyl halides is 3. The van der Waals surface area contributed by atoms with Gasteiger partial charge in [0.05, 0.1) is 31.0 Å². The van der Waals surface area contributed by atoms with Gasteiger partial charge in [0, 0.05) is 36.7 Å². The van der Waals surface area contributed by atoms with E-state index in [1.165, 1.54) is 12.1 Å². The number of likely N-dealkylation sites (tertiary alicyclic amines) is 1. The van der Waals surface area contributed by atoms with Crippen LogP contribution >= 0.6 is 11.6 Å². The van der Waals surface area contributed by atoms with Crippen molar-refractivity contribution in [3.8, 4) is 5.69 Å². The first-order valence-corrected chi connectivity index (χ1v) is 10.4. The molecule has 0 aliphatic carbocycles. The normalized spacial score (nSPS) is 22.5. The molecule has 1 unspecified atom stereocenters. The summed E-state index contributed by atoms with van der Waals surface area (Å²) in [5, 5.41) is 11.4. The molecule has 0 spiro atoms. The van der Waals surface area contributed by atoms with Gasteiger partial charge in [0.1, 0.15) is 0 Å². The number of hydrogen-bond acceptors (Lipinski definition) is 6. The highest BCUT2D eigenvalue weighted by Gasteiger charge is 2.36. The van der Waals surface area contributed by atoms with E-state index in [4.69, 9.17) is 16.3 Å². The first kappa shape index (κ1) is 21.5. The number of ether oxygens (including phenoxy) is 1. The third-order valence-electron chi connectivity index (χ3n) is 5.84. The molecule has 3 heterocycles. The summed E-state index contributed by atoms with van der Waals surface area (Å²) in [5.74, 6) is 0.376. The van der Waals surface area contributed by atoms with Crippen LogP contribution in [0.2, 0.25) is 5.02 Å². The van der Waals surface area contributed by atoms with Gasteiger partial charge < -0.3 is 4.74 Å². The number of rotatable bonds is 4. The van der Waals surface area contributed by atoms with Crippen LogP contribution in [0.25, 0.3) is 5.69 Å². The third kappa shape index (κ3) is 4.61. The lowest BCUT2D eigenvalue weighted by molar-refractivity contribution is -0.137. The standard InChI is InChI=1S/C19H24ClF3N6O/c1-13-12-30-9-8-28(13)15-4-6-27(7-5-15)11-18-24-25-26-29(18)17-3-2-14(20)10-16(17)19(21,22)23/h2-3,10,13,15H,4-9,11-12H2,1H3. The average molecular weight is 445 g/mol. The smallest absolute Gasteiger partial charge is 0.379 e. The minimum Gasteiger partial charge on any atom is -0.379 e. The molecule has 30 heavy (non-hydrogen) atoms. The SMILES string of the molecule is CC1COCCN1C1CCN(Cc2nnnn2-c2ccc(Cl)cc2C(F)(F)F)CC1. The Labute approximate surface area is 177 Å². The Balaban J connectivity index is 1.46. The van der Waals surface area contributed by atoms with E-state index in [0.29, 0.717) is 24.5 Å². The lowest BCUT2D eigenvalue weighted by Gasteiger charge is -2.43. The molecule has 2 saturated heterocycles. The van der Waals surface area contributed by atoms with Crippen molar-refractivity contribution in [1.29, 1.82) is 0 Å². The molecule has 0 amide bonds. The Hall–Kier alpha value is -1.75. The first-order chi connectivity index (χ1) is 14.3. The fourth-order valence-corrected chi connectivity index (χ4v) is 4.48. The van der Waals surface area contributed by atoms with Gasteiger partial charge >= 0.3 is 6.18 Å². The summed E-state index contributed by atoms with van der Waals surface area (Å²) in [5.41, 5.74) is -0.979. The van der Waals surface area contributed by atoms with Crippen molar-refractivity contribution in [2.75, 3.05) is 32.8 Å². The number of halogens is 4. The molecular weight excluding hydrogens is 421 g/mol. The monoisotopic (exact) mass is 444 g/mol. The summed E-state index contributed by atoms with van der Waals surface area (Å²) >= 11 is 5.79. The summed E-state index contributed by atoms with van der Waals surface area (Å²) in [6.07, 6.45) is -2.56. The molecule has 11 heteroatoms. The Morgan fingerprint density at radius 2 is 1.97 bits per heavy atom. The maximum Gasteiger partial charge on any atom is 0.418 e. The minimum absolute atomic E-state index is 0.0140. The second kappa shape index (κ2) is 8.78. The van der Waals surface area contributed by atoms with Gasteiger partial charge in [-0.15, -0.1) is 5.10 Å². The largest absolute Gasteiger partial charge is 0.418 e. The summed E-state index contributed by atoms with van der Waals surface area (Å²) in [7, 11) is 0. The van der Waals surface area contributed by atoms with Crippen molar-refractivity contribution in [2.24, 2.45) is 0 Å². The quantitative estimate of drug-likeness (QED) is 0.722. The number of aromatic nitrogens is 4. The number of morpholine rings is 1. The van der Waals surface area contributed by atoms with Gasteiger partial charge in [-0.2, -0.15) is 17.9 Å². The van der Waals surface area contributed by atoms with E-state index in [0.717, 1.165) is 56.4 Å². The zero-order valence-corrected chi connectivity index (χ0v) is 17.4. The van der Waals surface area contributed by atoms with E-state index in [1.54, 1.807) is 0 Å². The molecule has 1 atom stereocenters. The molecule has 2 aliphatic heterocycles. The molecule has 0 radical (unpaired) electrons. The van der Waals surface area contributed by atoms with Crippen LogP contribution in [0.1, 0.15) is 31.2 Å². The zero-order chi connectivity index (χ0) is 21.3. The number of tetrazole rings is 1. The molecule has 164 valence electrons. The van der Waals surface area contributed by atoms with Crippen LogP contribution in [-0.4, -0.2) is 74.9 Å². The second-order valence-electron chi connectivity index (χ2n) is 7.84. The topological polar surface area (TPSA) is 59.3 Å². The molecule has 1 aromatic heterocycles. The number of hydrogen-bond donors (Lipinski definition) is 0. The number of nitrogens with zero attached hydrogens (tertiary/aromatic N) is 6. The molecule has 0 saturated carbocycles. The Morgan fingerprint density at radius 1 is 1.20 bits per heavy atom. The molecule has 4 rings (SSSR count). The van der Waals surface area contributed by atoms with Crippen molar-refractivity contribution >= 4 is 11.6 Å². The van der Waals surface area contributed by atoms with Crippen molar-refractivity contribution in [3.05, 3.63) is 34.6 Å². The van der Waals surface area contributed by atoms with Gasteiger partial charge in [-0.3, -0.25) is 9.80 Å². The molecule has 0 bridgehead atoms. The highest BCUT2D eigenvalue weighted by Crippen LogP contribution is 2.35. The number of piperidine rings is 1. The maximum absolute atomic E-state index is 13.5. The van der Waals surface area contributed by atoms with E-state index in [1.807, 2.05) is 0 Å². The van der Waals surface area contributed by atoms with Gasteiger partial charge in [0.15, 0.2) is 5.82 Å². The van der Waals surface area contributed by atoms with Crippen LogP contribution in [0.5, 0.6) is 0 Å². The Kier molecular flexibility index (Phi) is 6.29. The highest BCUT2D eigenvalue weighted by molar-refractivity contribution is 6.30. The minimum atomic E-state index is -4.56. The van der Waals surface area contributed by atoms with Crippen LogP contribution in [0.15, 0.2) is 18.2 Å². The summed E-state index contributed by atoms with van der Waals surface area (Å²) < 4.78 is 47.2. The second-order valence-corrected chi connectivity index (χ2v) is 8.27. The molecule has 0 N–H and O–H groups in total. The van der Waals surface area contributed by atoms with Gasteiger partial charge in [0.25, 0.3) is 0 Å². The fraction of sp³-hybridized carbons (Fsp3) is 0.632. The van der Waals surface area contributed by atoms with E-state index in [-0.39, 0.29) is 10.7 Å². The molecule has 2 aliphatic rings. The van der Waals surface area contributed by atoms with Crippen molar-refractivity contribution in [3.63, 3.8) is 0 Å². The van der Waals surface area contributed by atoms with Gasteiger partial charge in [0.2, 0.25) is 0 Å². The molecule has 2 fully saturated rings. The zero-order valence-electron chi connectivity index (χ0n) is 16.6. The highest BCUT2D eigenvalue weighted by atomic mass is 35.5. The van der Waals surface area contributed by atoms with Gasteiger partial charge in [-0.25, -0.2) is 0 Å². The van der Waals surface area contributed by atoms with Gasteiger partial charge in [-0.05, 0) is 48.4 Å². The molecule has 2 aromatic rings. The lowest BCUT2D eigenvalue weighted by Crippen LogP contribution is -2.52.